The molecule has 0 aliphatic rings. The molecule has 0 radical (unpaired) electrons. The summed E-state index contributed by atoms with van der Waals surface area (Å²) in [6.45, 7) is 1.96. The molecule has 0 fully saturated rings. The van der Waals surface area contributed by atoms with E-state index in [1.54, 1.807) is 24.3 Å². The Morgan fingerprint density at radius 2 is 1.76 bits per heavy atom. The van der Waals surface area contributed by atoms with Crippen LogP contribution in [0.1, 0.15) is 11.1 Å². The lowest BCUT2D eigenvalue weighted by atomic mass is 10.2. The molecule has 0 saturated heterocycles. The monoisotopic (exact) mass is 360 g/mol. The Bertz CT molecular complexity index is 772. The van der Waals surface area contributed by atoms with Crippen LogP contribution in [0.4, 0.5) is 0 Å². The van der Waals surface area contributed by atoms with E-state index in [1.165, 1.54) is 7.05 Å². The number of nitrogens with zero attached hydrogens (tertiary/aromatic N) is 1. The minimum Gasteiger partial charge on any atom is -0.395 e. The van der Waals surface area contributed by atoms with Crippen LogP contribution < -0.4 is 4.72 Å². The van der Waals surface area contributed by atoms with Gasteiger partial charge in [0.2, 0.25) is 10.0 Å². The van der Waals surface area contributed by atoms with Gasteiger partial charge in [-0.2, -0.15) is 0 Å². The van der Waals surface area contributed by atoms with Crippen molar-refractivity contribution in [1.82, 2.24) is 9.62 Å². The average molecular weight is 360 g/mol. The highest BCUT2D eigenvalue weighted by Gasteiger charge is 2.11. The first kappa shape index (κ1) is 19.3. The molecule has 0 unspecified atom stereocenters. The van der Waals surface area contributed by atoms with E-state index in [4.69, 9.17) is 0 Å². The van der Waals surface area contributed by atoms with E-state index in [1.807, 2.05) is 36.4 Å². The second-order valence-electron chi connectivity index (χ2n) is 5.62. The summed E-state index contributed by atoms with van der Waals surface area (Å²) in [6.07, 6.45) is 4.11. The molecule has 0 bridgehead atoms. The third-order valence-electron chi connectivity index (χ3n) is 3.80. The molecule has 25 heavy (non-hydrogen) atoms. The summed E-state index contributed by atoms with van der Waals surface area (Å²) in [5.74, 6) is 0. The first-order valence-electron chi connectivity index (χ1n) is 8.12. The van der Waals surface area contributed by atoms with Gasteiger partial charge >= 0.3 is 0 Å². The highest BCUT2D eigenvalue weighted by atomic mass is 32.2. The van der Waals surface area contributed by atoms with Crippen molar-refractivity contribution in [3.05, 3.63) is 71.8 Å². The Hall–Kier alpha value is -1.99. The molecule has 0 aromatic heterocycles. The van der Waals surface area contributed by atoms with Crippen LogP contribution in [0, 0.1) is 0 Å². The van der Waals surface area contributed by atoms with Crippen molar-refractivity contribution in [1.29, 1.82) is 0 Å². The van der Waals surface area contributed by atoms with Crippen molar-refractivity contribution in [2.75, 3.05) is 26.7 Å². The summed E-state index contributed by atoms with van der Waals surface area (Å²) >= 11 is 0. The van der Waals surface area contributed by atoms with E-state index in [2.05, 4.69) is 15.7 Å². The summed E-state index contributed by atoms with van der Waals surface area (Å²) in [7, 11) is -2.02. The van der Waals surface area contributed by atoms with Crippen LogP contribution in [-0.4, -0.2) is 45.2 Å². The van der Waals surface area contributed by atoms with Gasteiger partial charge in [-0.3, -0.25) is 4.90 Å². The van der Waals surface area contributed by atoms with Crippen molar-refractivity contribution in [2.45, 2.75) is 11.4 Å². The van der Waals surface area contributed by atoms with Crippen molar-refractivity contribution in [3.63, 3.8) is 0 Å². The Morgan fingerprint density at radius 3 is 2.36 bits per heavy atom. The maximum Gasteiger partial charge on any atom is 0.240 e. The SMILES string of the molecule is CNS(=O)(=O)c1ccc(CN(CC=Cc2ccccc2)CCO)cc1. The summed E-state index contributed by atoms with van der Waals surface area (Å²) in [5.41, 5.74) is 2.13. The van der Waals surface area contributed by atoms with Crippen LogP contribution in [0.15, 0.2) is 65.6 Å². The summed E-state index contributed by atoms with van der Waals surface area (Å²) < 4.78 is 25.8. The molecule has 0 aliphatic carbocycles. The maximum absolute atomic E-state index is 11.7. The van der Waals surface area contributed by atoms with E-state index in [0.717, 1.165) is 11.1 Å². The number of hydrogen-bond donors (Lipinski definition) is 2. The average Bonchev–Trinajstić information content (AvgIpc) is 2.63. The molecule has 0 spiro atoms. The van der Waals surface area contributed by atoms with Crippen molar-refractivity contribution >= 4 is 16.1 Å². The maximum atomic E-state index is 11.7. The van der Waals surface area contributed by atoms with Gasteiger partial charge in [-0.15, -0.1) is 0 Å². The molecule has 0 atom stereocenters. The molecule has 5 nitrogen and oxygen atoms in total. The van der Waals surface area contributed by atoms with Gasteiger partial charge in [0, 0.05) is 19.6 Å². The lowest BCUT2D eigenvalue weighted by Crippen LogP contribution is -2.26. The fourth-order valence-electron chi connectivity index (χ4n) is 2.43. The largest absolute Gasteiger partial charge is 0.395 e. The molecule has 0 amide bonds. The topological polar surface area (TPSA) is 69.6 Å². The number of hydrogen-bond acceptors (Lipinski definition) is 4. The van der Waals surface area contributed by atoms with Crippen LogP contribution in [0.25, 0.3) is 6.08 Å². The first-order valence-corrected chi connectivity index (χ1v) is 9.61. The van der Waals surface area contributed by atoms with Gasteiger partial charge in [0.25, 0.3) is 0 Å². The second-order valence-corrected chi connectivity index (χ2v) is 7.51. The fourth-order valence-corrected chi connectivity index (χ4v) is 3.16. The fraction of sp³-hybridized carbons (Fsp3) is 0.263. The lowest BCUT2D eigenvalue weighted by molar-refractivity contribution is 0.203. The van der Waals surface area contributed by atoms with Gasteiger partial charge in [0.1, 0.15) is 0 Å². The van der Waals surface area contributed by atoms with Crippen molar-refractivity contribution in [3.8, 4) is 0 Å². The Kier molecular flexibility index (Phi) is 7.33. The zero-order chi connectivity index (χ0) is 18.1. The molecule has 2 aromatic rings. The van der Waals surface area contributed by atoms with Crippen LogP contribution in [0.2, 0.25) is 0 Å². The zero-order valence-electron chi connectivity index (χ0n) is 14.3. The quantitative estimate of drug-likeness (QED) is 0.719. The van der Waals surface area contributed by atoms with Gasteiger partial charge < -0.3 is 5.11 Å². The zero-order valence-corrected chi connectivity index (χ0v) is 15.1. The van der Waals surface area contributed by atoms with E-state index in [-0.39, 0.29) is 11.5 Å². The predicted molar refractivity (Wildman–Crippen MR) is 101 cm³/mol. The van der Waals surface area contributed by atoms with E-state index < -0.39 is 10.0 Å². The van der Waals surface area contributed by atoms with Crippen LogP contribution in [-0.2, 0) is 16.6 Å². The normalized spacial score (nSPS) is 12.1. The summed E-state index contributed by atoms with van der Waals surface area (Å²) in [6, 6.07) is 16.8. The third-order valence-corrected chi connectivity index (χ3v) is 5.23. The van der Waals surface area contributed by atoms with Crippen LogP contribution in [0.5, 0.6) is 0 Å². The number of aliphatic hydroxyl groups excluding tert-OH is 1. The summed E-state index contributed by atoms with van der Waals surface area (Å²) in [4.78, 5) is 2.34. The number of rotatable bonds is 9. The third kappa shape index (κ3) is 6.10. The molecule has 2 N–H and O–H groups in total. The molecule has 2 rings (SSSR count). The molecule has 134 valence electrons. The highest BCUT2D eigenvalue weighted by molar-refractivity contribution is 7.89. The smallest absolute Gasteiger partial charge is 0.240 e. The minimum atomic E-state index is -3.41. The number of aliphatic hydroxyl groups is 1. The molecule has 0 heterocycles. The Morgan fingerprint density at radius 1 is 1.08 bits per heavy atom. The van der Waals surface area contributed by atoms with Crippen LogP contribution >= 0.6 is 0 Å². The Labute approximate surface area is 149 Å². The van der Waals surface area contributed by atoms with Gasteiger partial charge in [0.05, 0.1) is 11.5 Å². The number of sulfonamides is 1. The van der Waals surface area contributed by atoms with E-state index >= 15 is 0 Å². The molecular weight excluding hydrogens is 336 g/mol. The standard InChI is InChI=1S/C19H24N2O3S/c1-20-25(23,24)19-11-9-18(10-12-19)16-21(14-15-22)13-5-8-17-6-3-2-4-7-17/h2-12,20,22H,13-16H2,1H3. The molecule has 2 aromatic carbocycles. The van der Waals surface area contributed by atoms with E-state index in [9.17, 15) is 13.5 Å². The molecule has 0 saturated carbocycles. The highest BCUT2D eigenvalue weighted by Crippen LogP contribution is 2.12. The second kappa shape index (κ2) is 9.48. The lowest BCUT2D eigenvalue weighted by Gasteiger charge is -2.19. The first-order chi connectivity index (χ1) is 12.0. The van der Waals surface area contributed by atoms with Crippen molar-refractivity contribution in [2.24, 2.45) is 0 Å². The predicted octanol–water partition coefficient (Wildman–Crippen LogP) is 2.10. The molecular formula is C19H24N2O3S. The number of nitrogens with one attached hydrogen (secondary N) is 1. The van der Waals surface area contributed by atoms with Gasteiger partial charge in [-0.25, -0.2) is 13.1 Å². The summed E-state index contributed by atoms with van der Waals surface area (Å²) in [5, 5.41) is 9.26. The minimum absolute atomic E-state index is 0.0748. The van der Waals surface area contributed by atoms with Gasteiger partial charge in [0.15, 0.2) is 0 Å². The van der Waals surface area contributed by atoms with Crippen LogP contribution in [0.3, 0.4) is 0 Å². The van der Waals surface area contributed by atoms with Crippen molar-refractivity contribution < 1.29 is 13.5 Å². The van der Waals surface area contributed by atoms with Gasteiger partial charge in [-0.05, 0) is 30.3 Å². The number of benzene rings is 2. The molecule has 6 heteroatoms. The van der Waals surface area contributed by atoms with Gasteiger partial charge in [-0.1, -0.05) is 54.6 Å². The Balaban J connectivity index is 2.00. The molecule has 0 aliphatic heterocycles. The van der Waals surface area contributed by atoms with E-state index in [0.29, 0.717) is 19.6 Å².